The fourth-order valence-electron chi connectivity index (χ4n) is 1.49. The van der Waals surface area contributed by atoms with E-state index in [1.54, 1.807) is 6.07 Å². The maximum Gasteiger partial charge on any atom is 0.264 e. The molecule has 0 unspecified atom stereocenters. The molecule has 0 saturated carbocycles. The van der Waals surface area contributed by atoms with E-state index in [0.717, 1.165) is 0 Å². The van der Waals surface area contributed by atoms with E-state index in [1.165, 1.54) is 18.3 Å². The molecule has 0 spiro atoms. The van der Waals surface area contributed by atoms with Gasteiger partial charge in [0.05, 0.1) is 10.6 Å². The average molecular weight is 294 g/mol. The molecule has 0 aliphatic carbocycles. The Labute approximate surface area is 119 Å². The monoisotopic (exact) mass is 293 g/mol. The molecule has 8 heteroatoms. The van der Waals surface area contributed by atoms with Crippen LogP contribution in [0.1, 0.15) is 17.3 Å². The van der Waals surface area contributed by atoms with Gasteiger partial charge in [-0.1, -0.05) is 11.6 Å². The number of nitrogens with one attached hydrogen (secondary N) is 3. The van der Waals surface area contributed by atoms with Gasteiger partial charge in [-0.2, -0.15) is 5.10 Å². The highest BCUT2D eigenvalue weighted by atomic mass is 35.5. The minimum Gasteiger partial charge on any atom is -0.370 e. The summed E-state index contributed by atoms with van der Waals surface area (Å²) in [4.78, 5) is 27.0. The zero-order chi connectivity index (χ0) is 14.5. The molecule has 104 valence electrons. The molecule has 0 fully saturated rings. The number of pyridine rings is 1. The number of carbonyl (C=O) groups excluding carboxylic acids is 1. The normalized spacial score (nSPS) is 10.1. The summed E-state index contributed by atoms with van der Waals surface area (Å²) in [6.07, 6.45) is 1.40. The molecule has 2 aromatic heterocycles. The number of carbonyl (C=O) groups is 1. The van der Waals surface area contributed by atoms with E-state index in [1.807, 2.05) is 6.92 Å². The number of anilines is 2. The van der Waals surface area contributed by atoms with Crippen LogP contribution in [-0.4, -0.2) is 27.6 Å². The van der Waals surface area contributed by atoms with Gasteiger partial charge in [0.2, 0.25) is 0 Å². The van der Waals surface area contributed by atoms with Gasteiger partial charge in [0.25, 0.3) is 11.5 Å². The quantitative estimate of drug-likeness (QED) is 0.793. The van der Waals surface area contributed by atoms with Crippen molar-refractivity contribution in [1.82, 2.24) is 15.2 Å². The second kappa shape index (κ2) is 6.16. The van der Waals surface area contributed by atoms with Gasteiger partial charge in [0, 0.05) is 18.8 Å². The van der Waals surface area contributed by atoms with Crippen molar-refractivity contribution in [3.63, 3.8) is 0 Å². The van der Waals surface area contributed by atoms with Crippen LogP contribution in [0, 0.1) is 0 Å². The van der Waals surface area contributed by atoms with Gasteiger partial charge >= 0.3 is 0 Å². The van der Waals surface area contributed by atoms with E-state index in [9.17, 15) is 9.59 Å². The van der Waals surface area contributed by atoms with Crippen molar-refractivity contribution >= 4 is 29.1 Å². The fourth-order valence-corrected chi connectivity index (χ4v) is 1.68. The molecule has 2 rings (SSSR count). The number of H-pyrrole nitrogens is 1. The average Bonchev–Trinajstić information content (AvgIpc) is 2.43. The third-order valence-electron chi connectivity index (χ3n) is 2.38. The van der Waals surface area contributed by atoms with Crippen LogP contribution in [0.4, 0.5) is 11.6 Å². The lowest BCUT2D eigenvalue weighted by molar-refractivity contribution is 0.102. The first-order valence-electron chi connectivity index (χ1n) is 5.86. The topological polar surface area (TPSA) is 99.8 Å². The second-order valence-corrected chi connectivity index (χ2v) is 4.25. The van der Waals surface area contributed by atoms with Gasteiger partial charge in [-0.05, 0) is 19.1 Å². The van der Waals surface area contributed by atoms with Crippen LogP contribution in [-0.2, 0) is 0 Å². The summed E-state index contributed by atoms with van der Waals surface area (Å²) in [5.41, 5.74) is -0.0787. The molecule has 0 atom stereocenters. The first-order chi connectivity index (χ1) is 9.60. The van der Waals surface area contributed by atoms with Crippen LogP contribution in [0.3, 0.4) is 0 Å². The molecule has 0 radical (unpaired) electrons. The Kier molecular flexibility index (Phi) is 4.31. The van der Waals surface area contributed by atoms with Crippen molar-refractivity contribution in [2.75, 3.05) is 17.2 Å². The Morgan fingerprint density at radius 1 is 1.40 bits per heavy atom. The fraction of sp³-hybridized carbons (Fsp3) is 0.167. The highest BCUT2D eigenvalue weighted by molar-refractivity contribution is 6.34. The van der Waals surface area contributed by atoms with E-state index < -0.39 is 5.91 Å². The van der Waals surface area contributed by atoms with Gasteiger partial charge in [-0.15, -0.1) is 0 Å². The van der Waals surface area contributed by atoms with Crippen LogP contribution < -0.4 is 16.2 Å². The maximum atomic E-state index is 12.1. The van der Waals surface area contributed by atoms with Crippen molar-refractivity contribution in [3.8, 4) is 0 Å². The van der Waals surface area contributed by atoms with Crippen molar-refractivity contribution in [1.29, 1.82) is 0 Å². The predicted molar refractivity (Wildman–Crippen MR) is 76.2 cm³/mol. The maximum absolute atomic E-state index is 12.1. The second-order valence-electron chi connectivity index (χ2n) is 3.84. The van der Waals surface area contributed by atoms with Crippen LogP contribution in [0.25, 0.3) is 0 Å². The Balaban J connectivity index is 2.21. The molecule has 0 aliphatic rings. The molecule has 0 aromatic carbocycles. The number of aromatic nitrogens is 3. The van der Waals surface area contributed by atoms with E-state index in [2.05, 4.69) is 25.8 Å². The standard InChI is InChI=1S/C12H12ClN5O2/c1-2-14-10-5-7(8(13)6-15-10)12(20)16-9-3-4-11(19)18-17-9/h3-6H,2H2,1H3,(H,14,15)(H,18,19)(H,16,17,20). The van der Waals surface area contributed by atoms with Crippen molar-refractivity contribution < 1.29 is 4.79 Å². The van der Waals surface area contributed by atoms with Gasteiger partial charge in [-0.3, -0.25) is 9.59 Å². The Morgan fingerprint density at radius 2 is 2.20 bits per heavy atom. The van der Waals surface area contributed by atoms with Crippen LogP contribution in [0.2, 0.25) is 5.02 Å². The number of amides is 1. The van der Waals surface area contributed by atoms with Gasteiger partial charge in [0.1, 0.15) is 5.82 Å². The molecule has 7 nitrogen and oxygen atoms in total. The minimum atomic E-state index is -0.434. The number of aromatic amines is 1. The number of halogens is 1. The third kappa shape index (κ3) is 3.33. The first-order valence-corrected chi connectivity index (χ1v) is 6.24. The number of nitrogens with zero attached hydrogens (tertiary/aromatic N) is 2. The van der Waals surface area contributed by atoms with Gasteiger partial charge in [-0.25, -0.2) is 10.1 Å². The SMILES string of the molecule is CCNc1cc(C(=O)Nc2ccc(=O)[nH]n2)c(Cl)cn1. The van der Waals surface area contributed by atoms with Crippen LogP contribution >= 0.6 is 11.6 Å². The molecule has 0 saturated heterocycles. The lowest BCUT2D eigenvalue weighted by atomic mass is 10.2. The number of hydrogen-bond donors (Lipinski definition) is 3. The summed E-state index contributed by atoms with van der Waals surface area (Å²) in [6.45, 7) is 2.59. The molecular weight excluding hydrogens is 282 g/mol. The summed E-state index contributed by atoms with van der Waals surface area (Å²) in [5, 5.41) is 11.7. The third-order valence-corrected chi connectivity index (χ3v) is 2.68. The number of rotatable bonds is 4. The van der Waals surface area contributed by atoms with E-state index in [0.29, 0.717) is 12.4 Å². The molecule has 1 amide bonds. The predicted octanol–water partition coefficient (Wildman–Crippen LogP) is 1.50. The lowest BCUT2D eigenvalue weighted by Crippen LogP contribution is -2.16. The molecule has 0 aliphatic heterocycles. The molecule has 20 heavy (non-hydrogen) atoms. The largest absolute Gasteiger partial charge is 0.370 e. The molecule has 2 heterocycles. The summed E-state index contributed by atoms with van der Waals surface area (Å²) in [7, 11) is 0. The van der Waals surface area contributed by atoms with Crippen molar-refractivity contribution in [2.45, 2.75) is 6.92 Å². The van der Waals surface area contributed by atoms with Crippen molar-refractivity contribution in [3.05, 3.63) is 45.3 Å². The summed E-state index contributed by atoms with van der Waals surface area (Å²) in [5.74, 6) is 0.347. The number of hydrogen-bond acceptors (Lipinski definition) is 5. The van der Waals surface area contributed by atoms with E-state index >= 15 is 0 Å². The molecular formula is C12H12ClN5O2. The van der Waals surface area contributed by atoms with Gasteiger partial charge < -0.3 is 10.6 Å². The smallest absolute Gasteiger partial charge is 0.264 e. The lowest BCUT2D eigenvalue weighted by Gasteiger charge is -2.08. The Morgan fingerprint density at radius 3 is 2.85 bits per heavy atom. The molecule has 2 aromatic rings. The summed E-state index contributed by atoms with van der Waals surface area (Å²) < 4.78 is 0. The highest BCUT2D eigenvalue weighted by Gasteiger charge is 2.13. The molecule has 0 bridgehead atoms. The summed E-state index contributed by atoms with van der Waals surface area (Å²) >= 11 is 5.95. The Bertz CT molecular complexity index is 665. The van der Waals surface area contributed by atoms with E-state index in [4.69, 9.17) is 11.6 Å². The highest BCUT2D eigenvalue weighted by Crippen LogP contribution is 2.19. The van der Waals surface area contributed by atoms with Crippen molar-refractivity contribution in [2.24, 2.45) is 0 Å². The minimum absolute atomic E-state index is 0.229. The van der Waals surface area contributed by atoms with Crippen LogP contribution in [0.5, 0.6) is 0 Å². The zero-order valence-electron chi connectivity index (χ0n) is 10.6. The van der Waals surface area contributed by atoms with Crippen LogP contribution in [0.15, 0.2) is 29.2 Å². The Hall–Kier alpha value is -2.41. The molecule has 3 N–H and O–H groups in total. The van der Waals surface area contributed by atoms with Gasteiger partial charge in [0.15, 0.2) is 5.82 Å². The van der Waals surface area contributed by atoms with E-state index in [-0.39, 0.29) is 22.0 Å². The first kappa shape index (κ1) is 14.0. The zero-order valence-corrected chi connectivity index (χ0v) is 11.4. The summed E-state index contributed by atoms with van der Waals surface area (Å²) in [6, 6.07) is 4.21.